The smallest absolute Gasteiger partial charge is 0.410 e. The highest BCUT2D eigenvalue weighted by Gasteiger charge is 2.80. The van der Waals surface area contributed by atoms with Crippen LogP contribution in [0.3, 0.4) is 0 Å². The van der Waals surface area contributed by atoms with Gasteiger partial charge in [-0.3, -0.25) is 4.79 Å². The van der Waals surface area contributed by atoms with Crippen molar-refractivity contribution in [2.75, 3.05) is 6.54 Å². The van der Waals surface area contributed by atoms with Crippen LogP contribution in [0, 0.1) is 16.7 Å². The van der Waals surface area contributed by atoms with Gasteiger partial charge in [0.15, 0.2) is 0 Å². The second-order valence-corrected chi connectivity index (χ2v) is 14.4. The molecular weight excluding hydrogens is 514 g/mol. The standard InChI is InChI=1S/C35H49NO5/c1-25(2)22-36(29(38)40-23-26-16-12-10-13-17-26)34-21-20-33(9,30(34,3)4)35(24-34,27-18-14-11-15-19-27)28(37)41-32(7,8)31(5,6)39/h10-19,25,39H,20-24H2,1-9H3/t33-,34+,35+/m1/s1. The van der Waals surface area contributed by atoms with Gasteiger partial charge in [0.2, 0.25) is 0 Å². The number of carbonyl (C=O) groups excluding carboxylic acids is 2. The highest BCUT2D eigenvalue weighted by Crippen LogP contribution is 2.77. The van der Waals surface area contributed by atoms with Crippen molar-refractivity contribution in [3.8, 4) is 0 Å². The Balaban J connectivity index is 1.84. The highest BCUT2D eigenvalue weighted by atomic mass is 16.6. The van der Waals surface area contributed by atoms with E-state index in [-0.39, 0.29) is 24.6 Å². The van der Waals surface area contributed by atoms with Gasteiger partial charge in [-0.15, -0.1) is 0 Å². The van der Waals surface area contributed by atoms with Crippen LogP contribution >= 0.6 is 0 Å². The first-order chi connectivity index (χ1) is 19.0. The summed E-state index contributed by atoms with van der Waals surface area (Å²) in [5.41, 5.74) is -3.25. The predicted molar refractivity (Wildman–Crippen MR) is 161 cm³/mol. The summed E-state index contributed by atoms with van der Waals surface area (Å²) in [6.45, 7) is 18.4. The Morgan fingerprint density at radius 3 is 2.02 bits per heavy atom. The zero-order valence-corrected chi connectivity index (χ0v) is 26.4. The van der Waals surface area contributed by atoms with Gasteiger partial charge in [0, 0.05) is 6.54 Å². The zero-order chi connectivity index (χ0) is 30.5. The van der Waals surface area contributed by atoms with Gasteiger partial charge in [0.25, 0.3) is 0 Å². The lowest BCUT2D eigenvalue weighted by Crippen LogP contribution is -2.58. The molecular formula is C35H49NO5. The summed E-state index contributed by atoms with van der Waals surface area (Å²) in [5.74, 6) is -0.153. The van der Waals surface area contributed by atoms with Crippen LogP contribution in [0.2, 0.25) is 0 Å². The van der Waals surface area contributed by atoms with Gasteiger partial charge in [0.1, 0.15) is 17.6 Å². The van der Waals surface area contributed by atoms with Gasteiger partial charge >= 0.3 is 12.1 Å². The Morgan fingerprint density at radius 1 is 0.927 bits per heavy atom. The molecule has 2 aromatic carbocycles. The molecule has 3 atom stereocenters. The molecule has 6 nitrogen and oxygen atoms in total. The molecule has 2 bridgehead atoms. The summed E-state index contributed by atoms with van der Waals surface area (Å²) >= 11 is 0. The number of carbonyl (C=O) groups is 2. The van der Waals surface area contributed by atoms with E-state index in [1.165, 1.54) is 0 Å². The molecule has 224 valence electrons. The van der Waals surface area contributed by atoms with E-state index < -0.39 is 33.0 Å². The number of nitrogens with zero attached hydrogens (tertiary/aromatic N) is 1. The number of rotatable bonds is 9. The second kappa shape index (κ2) is 10.4. The van der Waals surface area contributed by atoms with E-state index in [4.69, 9.17) is 9.47 Å². The SMILES string of the molecule is CC(C)CN(C(=O)OCc1ccccc1)[C@]12CC[C@](C)(C1(C)C)[C@](C(=O)OC(C)(C)C(C)(C)O)(c1ccccc1)C2. The van der Waals surface area contributed by atoms with Crippen LogP contribution in [0.1, 0.15) is 92.7 Å². The van der Waals surface area contributed by atoms with E-state index >= 15 is 0 Å². The minimum atomic E-state index is -1.25. The number of hydrogen-bond donors (Lipinski definition) is 1. The molecule has 2 aliphatic carbocycles. The van der Waals surface area contributed by atoms with E-state index in [9.17, 15) is 14.7 Å². The maximum atomic E-state index is 14.7. The Kier molecular flexibility index (Phi) is 7.92. The van der Waals surface area contributed by atoms with E-state index in [0.29, 0.717) is 13.0 Å². The Bertz CT molecular complexity index is 1250. The number of fused-ring (bicyclic) bond motifs is 2. The lowest BCUT2D eigenvalue weighted by Gasteiger charge is -2.49. The number of esters is 1. The maximum absolute atomic E-state index is 14.7. The topological polar surface area (TPSA) is 76.1 Å². The first-order valence-corrected chi connectivity index (χ1v) is 14.9. The van der Waals surface area contributed by atoms with E-state index in [1.54, 1.807) is 27.7 Å². The Morgan fingerprint density at radius 2 is 1.49 bits per heavy atom. The van der Waals surface area contributed by atoms with Crippen LogP contribution in [0.5, 0.6) is 0 Å². The molecule has 6 heteroatoms. The fourth-order valence-electron chi connectivity index (χ4n) is 7.44. The van der Waals surface area contributed by atoms with E-state index in [2.05, 4.69) is 34.6 Å². The molecule has 0 radical (unpaired) electrons. The van der Waals surface area contributed by atoms with Crippen molar-refractivity contribution in [1.82, 2.24) is 4.90 Å². The molecule has 4 rings (SSSR count). The highest BCUT2D eigenvalue weighted by molar-refractivity contribution is 5.87. The third-order valence-electron chi connectivity index (χ3n) is 11.0. The van der Waals surface area contributed by atoms with Crippen LogP contribution in [-0.4, -0.2) is 45.4 Å². The second-order valence-electron chi connectivity index (χ2n) is 14.4. The fraction of sp³-hybridized carbons (Fsp3) is 0.600. The van der Waals surface area contributed by atoms with Crippen molar-refractivity contribution in [3.63, 3.8) is 0 Å². The summed E-state index contributed by atoms with van der Waals surface area (Å²) in [6, 6.07) is 19.6. The normalized spacial score (nSPS) is 27.1. The molecule has 2 aromatic rings. The maximum Gasteiger partial charge on any atom is 0.410 e. The lowest BCUT2D eigenvalue weighted by molar-refractivity contribution is -0.193. The van der Waals surface area contributed by atoms with Crippen molar-refractivity contribution >= 4 is 12.1 Å². The first kappa shape index (κ1) is 31.1. The summed E-state index contributed by atoms with van der Waals surface area (Å²) in [6.07, 6.45) is 1.57. The van der Waals surface area contributed by atoms with Gasteiger partial charge in [-0.1, -0.05) is 95.3 Å². The first-order valence-electron chi connectivity index (χ1n) is 14.9. The number of aliphatic hydroxyl groups is 1. The molecule has 0 unspecified atom stereocenters. The van der Waals surface area contributed by atoms with Gasteiger partial charge in [0.05, 0.1) is 11.1 Å². The zero-order valence-electron chi connectivity index (χ0n) is 26.4. The minimum Gasteiger partial charge on any atom is -0.456 e. The quantitative estimate of drug-likeness (QED) is 0.325. The number of ether oxygens (including phenoxy) is 2. The summed E-state index contributed by atoms with van der Waals surface area (Å²) in [4.78, 5) is 30.7. The number of amides is 1. The minimum absolute atomic E-state index is 0.188. The molecule has 1 amide bonds. The molecule has 0 heterocycles. The molecule has 2 aliphatic rings. The monoisotopic (exact) mass is 563 g/mol. The largest absolute Gasteiger partial charge is 0.456 e. The van der Waals surface area contributed by atoms with Crippen LogP contribution < -0.4 is 0 Å². The third kappa shape index (κ3) is 4.76. The Labute approximate surface area is 246 Å². The van der Waals surface area contributed by atoms with Gasteiger partial charge in [-0.25, -0.2) is 4.79 Å². The third-order valence-corrected chi connectivity index (χ3v) is 11.0. The number of hydrogen-bond acceptors (Lipinski definition) is 5. The van der Waals surface area contributed by atoms with Crippen LogP contribution in [0.25, 0.3) is 0 Å². The molecule has 0 aliphatic heterocycles. The summed E-state index contributed by atoms with van der Waals surface area (Å²) in [5, 5.41) is 10.9. The van der Waals surface area contributed by atoms with Crippen molar-refractivity contribution in [1.29, 1.82) is 0 Å². The molecule has 41 heavy (non-hydrogen) atoms. The lowest BCUT2D eigenvalue weighted by atomic mass is 9.55. The van der Waals surface area contributed by atoms with Crippen LogP contribution in [-0.2, 0) is 26.3 Å². The molecule has 1 N–H and O–H groups in total. The fourth-order valence-corrected chi connectivity index (χ4v) is 7.44. The average Bonchev–Trinajstić information content (AvgIpc) is 3.20. The molecule has 0 aromatic heterocycles. The summed E-state index contributed by atoms with van der Waals surface area (Å²) < 4.78 is 12.3. The molecule has 0 spiro atoms. The Hall–Kier alpha value is -2.86. The number of benzene rings is 2. The van der Waals surface area contributed by atoms with E-state index in [0.717, 1.165) is 24.0 Å². The average molecular weight is 564 g/mol. The van der Waals surface area contributed by atoms with Crippen LogP contribution in [0.4, 0.5) is 4.79 Å². The molecule has 2 fully saturated rings. The molecule has 0 saturated heterocycles. The van der Waals surface area contributed by atoms with Crippen molar-refractivity contribution in [2.24, 2.45) is 16.7 Å². The molecule has 2 saturated carbocycles. The summed E-state index contributed by atoms with van der Waals surface area (Å²) in [7, 11) is 0. The van der Waals surface area contributed by atoms with E-state index in [1.807, 2.05) is 65.6 Å². The van der Waals surface area contributed by atoms with Gasteiger partial charge < -0.3 is 19.5 Å². The van der Waals surface area contributed by atoms with Crippen molar-refractivity contribution in [2.45, 2.75) is 110 Å². The predicted octanol–water partition coefficient (Wildman–Crippen LogP) is 7.28. The van der Waals surface area contributed by atoms with Crippen molar-refractivity contribution < 1.29 is 24.2 Å². The van der Waals surface area contributed by atoms with Crippen molar-refractivity contribution in [3.05, 3.63) is 71.8 Å². The van der Waals surface area contributed by atoms with Gasteiger partial charge in [-0.2, -0.15) is 0 Å². The van der Waals surface area contributed by atoms with Gasteiger partial charge in [-0.05, 0) is 74.8 Å². The van der Waals surface area contributed by atoms with Crippen LogP contribution in [0.15, 0.2) is 60.7 Å².